The second-order valence-corrected chi connectivity index (χ2v) is 6.08. The van der Waals surface area contributed by atoms with Crippen LogP contribution in [0.4, 0.5) is 16.3 Å². The van der Waals surface area contributed by atoms with Crippen LogP contribution in [0, 0.1) is 0 Å². The maximum absolute atomic E-state index is 12.5. The predicted molar refractivity (Wildman–Crippen MR) is 87.2 cm³/mol. The van der Waals surface area contributed by atoms with Gasteiger partial charge >= 0.3 is 6.03 Å². The van der Waals surface area contributed by atoms with Crippen LogP contribution in [0.25, 0.3) is 0 Å². The predicted octanol–water partition coefficient (Wildman–Crippen LogP) is 1.43. The number of urea groups is 1. The Morgan fingerprint density at radius 2 is 2.30 bits per heavy atom. The fourth-order valence-electron chi connectivity index (χ4n) is 2.88. The van der Waals surface area contributed by atoms with Crippen molar-refractivity contribution >= 4 is 23.3 Å². The van der Waals surface area contributed by atoms with Crippen LogP contribution < -0.4 is 15.1 Å². The van der Waals surface area contributed by atoms with E-state index in [0.29, 0.717) is 36.7 Å². The van der Waals surface area contributed by atoms with Gasteiger partial charge in [-0.25, -0.2) is 9.78 Å². The van der Waals surface area contributed by atoms with Crippen molar-refractivity contribution in [2.75, 3.05) is 43.6 Å². The number of nitrogens with one attached hydrogen (secondary N) is 1. The van der Waals surface area contributed by atoms with Crippen molar-refractivity contribution in [2.24, 2.45) is 0 Å². The van der Waals surface area contributed by atoms with Crippen molar-refractivity contribution in [3.05, 3.63) is 17.8 Å². The molecular weight excluding hydrogens is 296 g/mol. The lowest BCUT2D eigenvalue weighted by atomic mass is 10.1. The van der Waals surface area contributed by atoms with Gasteiger partial charge in [-0.2, -0.15) is 0 Å². The summed E-state index contributed by atoms with van der Waals surface area (Å²) in [6, 6.07) is 3.41. The minimum absolute atomic E-state index is 0.0214. The average molecular weight is 318 g/mol. The SMILES string of the molecule is CN(C)c1ccc2c(n1)C(=O)CCN2C(=O)NCC1CCCO1. The lowest BCUT2D eigenvalue weighted by Gasteiger charge is -2.29. The van der Waals surface area contributed by atoms with Crippen molar-refractivity contribution in [2.45, 2.75) is 25.4 Å². The maximum Gasteiger partial charge on any atom is 0.322 e. The van der Waals surface area contributed by atoms with Gasteiger partial charge in [-0.3, -0.25) is 9.69 Å². The van der Waals surface area contributed by atoms with E-state index in [9.17, 15) is 9.59 Å². The smallest absolute Gasteiger partial charge is 0.322 e. The number of aromatic nitrogens is 1. The van der Waals surface area contributed by atoms with E-state index in [4.69, 9.17) is 4.74 Å². The average Bonchev–Trinajstić information content (AvgIpc) is 3.06. The lowest BCUT2D eigenvalue weighted by Crippen LogP contribution is -2.46. The number of Topliss-reactive ketones (excluding diaryl/α,β-unsaturated/α-hetero) is 1. The number of fused-ring (bicyclic) bond motifs is 1. The van der Waals surface area contributed by atoms with Crippen LogP contribution in [0.1, 0.15) is 29.8 Å². The summed E-state index contributed by atoms with van der Waals surface area (Å²) in [6.07, 6.45) is 2.41. The highest BCUT2D eigenvalue weighted by molar-refractivity contribution is 6.07. The molecule has 0 saturated carbocycles. The number of nitrogens with zero attached hydrogens (tertiary/aromatic N) is 3. The first-order valence-electron chi connectivity index (χ1n) is 7.95. The first-order chi connectivity index (χ1) is 11.1. The topological polar surface area (TPSA) is 74.8 Å². The molecule has 2 amide bonds. The van der Waals surface area contributed by atoms with Gasteiger partial charge < -0.3 is 15.0 Å². The fraction of sp³-hybridized carbons (Fsp3) is 0.562. The number of carbonyl (C=O) groups excluding carboxylic acids is 2. The normalized spacial score (nSPS) is 20.3. The summed E-state index contributed by atoms with van der Waals surface area (Å²) >= 11 is 0. The molecule has 1 atom stereocenters. The summed E-state index contributed by atoms with van der Waals surface area (Å²) in [5.74, 6) is 0.686. The molecule has 3 heterocycles. The third-order valence-corrected chi connectivity index (χ3v) is 4.18. The number of hydrogen-bond acceptors (Lipinski definition) is 5. The van der Waals surface area contributed by atoms with Crippen molar-refractivity contribution < 1.29 is 14.3 Å². The number of ether oxygens (including phenoxy) is 1. The molecule has 0 spiro atoms. The van der Waals surface area contributed by atoms with E-state index in [2.05, 4.69) is 10.3 Å². The highest BCUT2D eigenvalue weighted by atomic mass is 16.5. The molecule has 1 N–H and O–H groups in total. The fourth-order valence-corrected chi connectivity index (χ4v) is 2.88. The van der Waals surface area contributed by atoms with Gasteiger partial charge in [-0.1, -0.05) is 0 Å². The molecular formula is C16H22N4O3. The van der Waals surface area contributed by atoms with Gasteiger partial charge in [0.25, 0.3) is 0 Å². The zero-order valence-corrected chi connectivity index (χ0v) is 13.5. The first kappa shape index (κ1) is 15.7. The Morgan fingerprint density at radius 1 is 1.48 bits per heavy atom. The molecule has 2 aliphatic heterocycles. The van der Waals surface area contributed by atoms with Gasteiger partial charge in [0.15, 0.2) is 5.78 Å². The third-order valence-electron chi connectivity index (χ3n) is 4.18. The molecule has 0 aliphatic carbocycles. The largest absolute Gasteiger partial charge is 0.376 e. The Labute approximate surface area is 135 Å². The summed E-state index contributed by atoms with van der Waals surface area (Å²) in [5.41, 5.74) is 0.950. The van der Waals surface area contributed by atoms with Gasteiger partial charge in [-0.05, 0) is 25.0 Å². The lowest BCUT2D eigenvalue weighted by molar-refractivity contribution is 0.0975. The Bertz CT molecular complexity index is 611. The number of amides is 2. The molecule has 0 radical (unpaired) electrons. The summed E-state index contributed by atoms with van der Waals surface area (Å²) < 4.78 is 5.51. The Hall–Kier alpha value is -2.15. The Balaban J connectivity index is 1.75. The van der Waals surface area contributed by atoms with Gasteiger partial charge in [0.2, 0.25) is 0 Å². The molecule has 124 valence electrons. The Kier molecular flexibility index (Phi) is 4.47. The van der Waals surface area contributed by atoms with Crippen LogP contribution in [0.15, 0.2) is 12.1 Å². The summed E-state index contributed by atoms with van der Waals surface area (Å²) in [7, 11) is 3.74. The monoisotopic (exact) mass is 318 g/mol. The minimum atomic E-state index is -0.200. The molecule has 0 aromatic carbocycles. The number of pyridine rings is 1. The first-order valence-corrected chi connectivity index (χ1v) is 7.95. The molecule has 7 nitrogen and oxygen atoms in total. The van der Waals surface area contributed by atoms with Crippen molar-refractivity contribution in [3.63, 3.8) is 0 Å². The zero-order valence-electron chi connectivity index (χ0n) is 13.5. The number of carbonyl (C=O) groups is 2. The quantitative estimate of drug-likeness (QED) is 0.912. The molecule has 23 heavy (non-hydrogen) atoms. The van der Waals surface area contributed by atoms with E-state index in [1.54, 1.807) is 11.0 Å². The molecule has 1 unspecified atom stereocenters. The summed E-state index contributed by atoms with van der Waals surface area (Å²) in [4.78, 5) is 32.4. The van der Waals surface area contributed by atoms with E-state index >= 15 is 0 Å². The minimum Gasteiger partial charge on any atom is -0.376 e. The van der Waals surface area contributed by atoms with E-state index < -0.39 is 0 Å². The van der Waals surface area contributed by atoms with Crippen LogP contribution in [0.2, 0.25) is 0 Å². The number of rotatable bonds is 3. The van der Waals surface area contributed by atoms with Crippen molar-refractivity contribution in [1.82, 2.24) is 10.3 Å². The van der Waals surface area contributed by atoms with E-state index in [0.717, 1.165) is 19.4 Å². The molecule has 3 rings (SSSR count). The second-order valence-electron chi connectivity index (χ2n) is 6.08. The van der Waals surface area contributed by atoms with E-state index in [-0.39, 0.29) is 17.9 Å². The highest BCUT2D eigenvalue weighted by Gasteiger charge is 2.29. The number of anilines is 2. The second kappa shape index (κ2) is 6.54. The van der Waals surface area contributed by atoms with Crippen LogP contribution in [0.3, 0.4) is 0 Å². The molecule has 1 aromatic heterocycles. The van der Waals surface area contributed by atoms with Gasteiger partial charge in [0.05, 0.1) is 11.8 Å². The molecule has 7 heteroatoms. The van der Waals surface area contributed by atoms with E-state index in [1.807, 2.05) is 25.1 Å². The maximum atomic E-state index is 12.5. The van der Waals surface area contributed by atoms with Crippen LogP contribution >= 0.6 is 0 Å². The van der Waals surface area contributed by atoms with E-state index in [1.165, 1.54) is 0 Å². The molecule has 1 saturated heterocycles. The van der Waals surface area contributed by atoms with Gasteiger partial charge in [0, 0.05) is 40.2 Å². The summed E-state index contributed by atoms with van der Waals surface area (Å²) in [6.45, 7) is 1.65. The van der Waals surface area contributed by atoms with Gasteiger partial charge in [0.1, 0.15) is 11.5 Å². The van der Waals surface area contributed by atoms with Gasteiger partial charge in [-0.15, -0.1) is 0 Å². The zero-order chi connectivity index (χ0) is 16.4. The van der Waals surface area contributed by atoms with Crippen molar-refractivity contribution in [3.8, 4) is 0 Å². The molecule has 0 bridgehead atoms. The van der Waals surface area contributed by atoms with Crippen LogP contribution in [-0.4, -0.2) is 56.7 Å². The van der Waals surface area contributed by atoms with Crippen LogP contribution in [-0.2, 0) is 4.74 Å². The standard InChI is InChI=1S/C16H22N4O3/c1-19(2)14-6-5-12-15(18-14)13(21)7-8-20(12)16(22)17-10-11-4-3-9-23-11/h5-6,11H,3-4,7-10H2,1-2H3,(H,17,22). The Morgan fingerprint density at radius 3 is 3.00 bits per heavy atom. The highest BCUT2D eigenvalue weighted by Crippen LogP contribution is 2.27. The number of ketones is 1. The third kappa shape index (κ3) is 3.29. The molecule has 2 aliphatic rings. The molecule has 1 aromatic rings. The number of hydrogen-bond donors (Lipinski definition) is 1. The van der Waals surface area contributed by atoms with Crippen molar-refractivity contribution in [1.29, 1.82) is 0 Å². The van der Waals surface area contributed by atoms with Crippen LogP contribution in [0.5, 0.6) is 0 Å². The molecule has 1 fully saturated rings. The summed E-state index contributed by atoms with van der Waals surface area (Å²) in [5, 5.41) is 2.90.